The number of aliphatic imine (C=N–C) groups is 1. The van der Waals surface area contributed by atoms with Crippen LogP contribution in [-0.4, -0.2) is 36.1 Å². The minimum Gasteiger partial charge on any atom is -0.384 e. The number of thioether (sulfide) groups is 2. The molecule has 1 aliphatic rings. The van der Waals surface area contributed by atoms with Crippen LogP contribution in [-0.2, 0) is 4.74 Å². The molecule has 0 N–H and O–H groups in total. The first-order chi connectivity index (χ1) is 4.93. The van der Waals surface area contributed by atoms with Crippen molar-refractivity contribution in [2.45, 2.75) is 0 Å². The zero-order valence-electron chi connectivity index (χ0n) is 6.00. The van der Waals surface area contributed by atoms with Gasteiger partial charge >= 0.3 is 0 Å². The van der Waals surface area contributed by atoms with Crippen LogP contribution in [0.1, 0.15) is 0 Å². The highest BCUT2D eigenvalue weighted by Gasteiger charge is 2.05. The van der Waals surface area contributed by atoms with E-state index in [2.05, 4.69) is 4.99 Å². The molecule has 0 spiro atoms. The second-order valence-electron chi connectivity index (χ2n) is 1.84. The fourth-order valence-electron chi connectivity index (χ4n) is 0.615. The van der Waals surface area contributed by atoms with Crippen molar-refractivity contribution in [3.05, 3.63) is 0 Å². The summed E-state index contributed by atoms with van der Waals surface area (Å²) in [5.41, 5.74) is 0. The van der Waals surface area contributed by atoms with E-state index in [4.69, 9.17) is 4.74 Å². The molecule has 0 amide bonds. The summed E-state index contributed by atoms with van der Waals surface area (Å²) < 4.78 is 6.15. The molecule has 0 atom stereocenters. The first-order valence-corrected chi connectivity index (χ1v) is 5.19. The number of ether oxygens (including phenoxy) is 1. The predicted molar refractivity (Wildman–Crippen MR) is 49.1 cm³/mol. The van der Waals surface area contributed by atoms with E-state index in [1.54, 1.807) is 18.9 Å². The van der Waals surface area contributed by atoms with Crippen molar-refractivity contribution in [1.82, 2.24) is 0 Å². The van der Waals surface area contributed by atoms with Crippen LogP contribution < -0.4 is 0 Å². The summed E-state index contributed by atoms with van der Waals surface area (Å²) in [6.45, 7) is 1.82. The van der Waals surface area contributed by atoms with Crippen LogP contribution >= 0.6 is 23.5 Å². The standard InChI is InChI=1S/C6H11NOS2/c1-8-3-5-10-6-7-2-4-9-6/h2-5H2,1H3. The van der Waals surface area contributed by atoms with Crippen LogP contribution in [0.4, 0.5) is 0 Å². The Labute approximate surface area is 69.8 Å². The first kappa shape index (κ1) is 8.43. The van der Waals surface area contributed by atoms with Gasteiger partial charge in [-0.05, 0) is 0 Å². The molecule has 4 heteroatoms. The fraction of sp³-hybridized carbons (Fsp3) is 0.833. The molecule has 0 saturated heterocycles. The highest BCUT2D eigenvalue weighted by atomic mass is 32.2. The lowest BCUT2D eigenvalue weighted by molar-refractivity contribution is 0.219. The lowest BCUT2D eigenvalue weighted by Crippen LogP contribution is -1.93. The van der Waals surface area contributed by atoms with Gasteiger partial charge in [0.05, 0.1) is 13.2 Å². The van der Waals surface area contributed by atoms with Gasteiger partial charge in [-0.15, -0.1) is 0 Å². The Balaban J connectivity index is 2.01. The van der Waals surface area contributed by atoms with E-state index in [0.717, 1.165) is 24.7 Å². The maximum Gasteiger partial charge on any atom is 0.124 e. The van der Waals surface area contributed by atoms with E-state index in [1.807, 2.05) is 11.8 Å². The van der Waals surface area contributed by atoms with Crippen molar-refractivity contribution in [1.29, 1.82) is 0 Å². The number of methoxy groups -OCH3 is 1. The van der Waals surface area contributed by atoms with Crippen LogP contribution in [0.5, 0.6) is 0 Å². The second-order valence-corrected chi connectivity index (χ2v) is 4.26. The lowest BCUT2D eigenvalue weighted by atomic mass is 10.8. The molecular formula is C6H11NOS2. The van der Waals surface area contributed by atoms with Crippen molar-refractivity contribution in [3.8, 4) is 0 Å². The van der Waals surface area contributed by atoms with E-state index in [-0.39, 0.29) is 0 Å². The third-order valence-electron chi connectivity index (χ3n) is 1.07. The van der Waals surface area contributed by atoms with Gasteiger partial charge in [-0.2, -0.15) is 0 Å². The number of nitrogens with zero attached hydrogens (tertiary/aromatic N) is 1. The van der Waals surface area contributed by atoms with Gasteiger partial charge in [-0.1, -0.05) is 23.5 Å². The van der Waals surface area contributed by atoms with E-state index in [0.29, 0.717) is 0 Å². The largest absolute Gasteiger partial charge is 0.384 e. The number of hydrogen-bond donors (Lipinski definition) is 0. The molecule has 0 bridgehead atoms. The van der Waals surface area contributed by atoms with E-state index >= 15 is 0 Å². The van der Waals surface area contributed by atoms with Gasteiger partial charge < -0.3 is 4.74 Å². The highest BCUT2D eigenvalue weighted by molar-refractivity contribution is 8.39. The second kappa shape index (κ2) is 5.04. The lowest BCUT2D eigenvalue weighted by Gasteiger charge is -1.97. The molecule has 2 nitrogen and oxygen atoms in total. The van der Waals surface area contributed by atoms with Gasteiger partial charge in [0.25, 0.3) is 0 Å². The van der Waals surface area contributed by atoms with Crippen molar-refractivity contribution in [3.63, 3.8) is 0 Å². The summed E-state index contributed by atoms with van der Waals surface area (Å²) in [7, 11) is 1.73. The maximum absolute atomic E-state index is 4.92. The molecule has 0 aromatic carbocycles. The monoisotopic (exact) mass is 177 g/mol. The molecule has 1 aliphatic heterocycles. The van der Waals surface area contributed by atoms with Crippen molar-refractivity contribution in [2.24, 2.45) is 4.99 Å². The topological polar surface area (TPSA) is 21.6 Å². The summed E-state index contributed by atoms with van der Waals surface area (Å²) in [4.78, 5) is 4.29. The Kier molecular flexibility index (Phi) is 4.25. The van der Waals surface area contributed by atoms with Crippen molar-refractivity contribution < 1.29 is 4.74 Å². The molecule has 10 heavy (non-hydrogen) atoms. The summed E-state index contributed by atoms with van der Waals surface area (Å²) in [5.74, 6) is 2.19. The molecular weight excluding hydrogens is 166 g/mol. The average Bonchev–Trinajstić information content (AvgIpc) is 2.41. The normalized spacial score (nSPS) is 17.5. The fourth-order valence-corrected chi connectivity index (χ4v) is 2.60. The van der Waals surface area contributed by atoms with Gasteiger partial charge in [0.1, 0.15) is 4.38 Å². The molecule has 1 rings (SSSR count). The SMILES string of the molecule is COCCSC1=NCCS1. The molecule has 58 valence electrons. The molecule has 1 heterocycles. The Morgan fingerprint density at radius 3 is 3.30 bits per heavy atom. The number of hydrogen-bond acceptors (Lipinski definition) is 4. The van der Waals surface area contributed by atoms with E-state index in [9.17, 15) is 0 Å². The van der Waals surface area contributed by atoms with Crippen molar-refractivity contribution >= 4 is 27.9 Å². The van der Waals surface area contributed by atoms with Crippen LogP contribution in [0.15, 0.2) is 4.99 Å². The first-order valence-electron chi connectivity index (χ1n) is 3.22. The van der Waals surface area contributed by atoms with Gasteiger partial charge in [0.2, 0.25) is 0 Å². The molecule has 0 fully saturated rings. The minimum atomic E-state index is 0.824. The van der Waals surface area contributed by atoms with Gasteiger partial charge in [0.15, 0.2) is 0 Å². The van der Waals surface area contributed by atoms with Crippen molar-refractivity contribution in [2.75, 3.05) is 31.8 Å². The Bertz CT molecular complexity index is 127. The van der Waals surface area contributed by atoms with E-state index < -0.39 is 0 Å². The quantitative estimate of drug-likeness (QED) is 0.609. The summed E-state index contributed by atoms with van der Waals surface area (Å²) in [6.07, 6.45) is 0. The van der Waals surface area contributed by atoms with Crippen LogP contribution in [0.2, 0.25) is 0 Å². The summed E-state index contributed by atoms with van der Waals surface area (Å²) in [5, 5.41) is 0. The highest BCUT2D eigenvalue weighted by Crippen LogP contribution is 2.21. The van der Waals surface area contributed by atoms with Crippen LogP contribution in [0.25, 0.3) is 0 Å². The molecule has 0 unspecified atom stereocenters. The molecule has 0 aliphatic carbocycles. The molecule has 0 saturated carbocycles. The Morgan fingerprint density at radius 2 is 2.70 bits per heavy atom. The smallest absolute Gasteiger partial charge is 0.124 e. The van der Waals surface area contributed by atoms with Gasteiger partial charge in [0, 0.05) is 18.6 Å². The molecule has 0 radical (unpaired) electrons. The van der Waals surface area contributed by atoms with Gasteiger partial charge in [-0.3, -0.25) is 4.99 Å². The predicted octanol–water partition coefficient (Wildman–Crippen LogP) is 1.47. The van der Waals surface area contributed by atoms with Crippen LogP contribution in [0.3, 0.4) is 0 Å². The van der Waals surface area contributed by atoms with Gasteiger partial charge in [-0.25, -0.2) is 0 Å². The Morgan fingerprint density at radius 1 is 1.80 bits per heavy atom. The minimum absolute atomic E-state index is 0.824. The maximum atomic E-state index is 4.92. The summed E-state index contributed by atoms with van der Waals surface area (Å²) in [6, 6.07) is 0. The molecule has 0 aromatic heterocycles. The Hall–Kier alpha value is 0.330. The summed E-state index contributed by atoms with van der Waals surface area (Å²) >= 11 is 3.65. The zero-order valence-corrected chi connectivity index (χ0v) is 7.63. The number of rotatable bonds is 3. The third-order valence-corrected chi connectivity index (χ3v) is 3.29. The van der Waals surface area contributed by atoms with E-state index in [1.165, 1.54) is 4.38 Å². The zero-order chi connectivity index (χ0) is 7.23. The molecule has 0 aromatic rings. The average molecular weight is 177 g/mol. The van der Waals surface area contributed by atoms with Crippen LogP contribution in [0, 0.1) is 0 Å². The third kappa shape index (κ3) is 2.94.